The van der Waals surface area contributed by atoms with Crippen LogP contribution in [0.4, 0.5) is 30.7 Å². The minimum Gasteiger partial charge on any atom is -0.487 e. The zero-order valence-corrected chi connectivity index (χ0v) is 17.3. The second-order valence-electron chi connectivity index (χ2n) is 8.22. The fraction of sp³-hybridized carbons (Fsp3) is 0.280. The number of hydrogen-bond donors (Lipinski definition) is 0. The number of halogens is 7. The summed E-state index contributed by atoms with van der Waals surface area (Å²) in [6, 6.07) is 6.15. The molecule has 0 spiro atoms. The van der Waals surface area contributed by atoms with E-state index in [0.29, 0.717) is 43.4 Å². The Morgan fingerprint density at radius 1 is 0.636 bits per heavy atom. The summed E-state index contributed by atoms with van der Waals surface area (Å²) in [6.45, 7) is 0.0317. The van der Waals surface area contributed by atoms with Crippen molar-refractivity contribution in [2.24, 2.45) is 5.92 Å². The highest BCUT2D eigenvalue weighted by Crippen LogP contribution is 2.39. The molecule has 8 heteroatoms. The predicted molar refractivity (Wildman–Crippen MR) is 108 cm³/mol. The molecule has 1 aliphatic carbocycles. The molecule has 0 saturated heterocycles. The summed E-state index contributed by atoms with van der Waals surface area (Å²) in [7, 11) is 0. The van der Waals surface area contributed by atoms with Gasteiger partial charge in [-0.15, -0.1) is 0 Å². The van der Waals surface area contributed by atoms with Crippen LogP contribution in [0.15, 0.2) is 42.5 Å². The van der Waals surface area contributed by atoms with Crippen LogP contribution in [0.3, 0.4) is 0 Å². The third kappa shape index (κ3) is 4.99. The summed E-state index contributed by atoms with van der Waals surface area (Å²) in [5.74, 6) is -8.11. The molecule has 0 N–H and O–H groups in total. The average Bonchev–Trinajstić information content (AvgIpc) is 2.75. The molecular weight excluding hydrogens is 449 g/mol. The van der Waals surface area contributed by atoms with Crippen molar-refractivity contribution in [3.8, 4) is 16.9 Å². The molecule has 1 nitrogen and oxygen atoms in total. The van der Waals surface area contributed by atoms with Crippen LogP contribution in [-0.2, 0) is 0 Å². The van der Waals surface area contributed by atoms with E-state index in [9.17, 15) is 30.7 Å². The Morgan fingerprint density at radius 3 is 1.82 bits per heavy atom. The van der Waals surface area contributed by atoms with E-state index in [1.807, 2.05) is 0 Å². The van der Waals surface area contributed by atoms with Crippen LogP contribution in [0.2, 0.25) is 0 Å². The molecule has 33 heavy (non-hydrogen) atoms. The molecule has 3 aromatic carbocycles. The van der Waals surface area contributed by atoms with E-state index in [-0.39, 0.29) is 24.0 Å². The van der Waals surface area contributed by atoms with Crippen LogP contribution < -0.4 is 4.74 Å². The molecule has 0 bridgehead atoms. The molecule has 1 fully saturated rings. The second kappa shape index (κ2) is 9.45. The Kier molecular flexibility index (Phi) is 6.63. The fourth-order valence-electron chi connectivity index (χ4n) is 4.29. The van der Waals surface area contributed by atoms with Gasteiger partial charge in [0.1, 0.15) is 17.5 Å². The van der Waals surface area contributed by atoms with Gasteiger partial charge >= 0.3 is 0 Å². The first-order valence-electron chi connectivity index (χ1n) is 10.4. The van der Waals surface area contributed by atoms with Gasteiger partial charge in [0.2, 0.25) is 0 Å². The van der Waals surface area contributed by atoms with Crippen molar-refractivity contribution in [3.63, 3.8) is 0 Å². The van der Waals surface area contributed by atoms with E-state index < -0.39 is 52.0 Å². The Hall–Kier alpha value is -3.03. The average molecular weight is 468 g/mol. The van der Waals surface area contributed by atoms with E-state index in [0.717, 1.165) is 18.2 Å². The van der Waals surface area contributed by atoms with Crippen molar-refractivity contribution in [1.29, 1.82) is 0 Å². The molecular formula is C25H19F7O. The topological polar surface area (TPSA) is 9.23 Å². The van der Waals surface area contributed by atoms with Gasteiger partial charge in [-0.2, -0.15) is 0 Å². The van der Waals surface area contributed by atoms with Crippen molar-refractivity contribution >= 4 is 0 Å². The summed E-state index contributed by atoms with van der Waals surface area (Å²) in [5, 5.41) is 0. The molecule has 0 radical (unpaired) electrons. The summed E-state index contributed by atoms with van der Waals surface area (Å²) in [4.78, 5) is 0. The lowest BCUT2D eigenvalue weighted by Crippen LogP contribution is -2.20. The summed E-state index contributed by atoms with van der Waals surface area (Å²) in [5.41, 5.74) is -0.0778. The summed E-state index contributed by atoms with van der Waals surface area (Å²) in [6.07, 6.45) is 2.35. The molecule has 3 aromatic rings. The van der Waals surface area contributed by atoms with Crippen molar-refractivity contribution in [2.45, 2.75) is 31.6 Å². The van der Waals surface area contributed by atoms with Gasteiger partial charge in [0.15, 0.2) is 29.0 Å². The molecule has 0 unspecified atom stereocenters. The van der Waals surface area contributed by atoms with E-state index in [4.69, 9.17) is 4.74 Å². The Labute approximate surface area is 185 Å². The zero-order valence-electron chi connectivity index (χ0n) is 17.3. The maximum absolute atomic E-state index is 14.7. The molecule has 1 aliphatic rings. The predicted octanol–water partition coefficient (Wildman–Crippen LogP) is 7.68. The smallest absolute Gasteiger partial charge is 0.190 e. The third-order valence-corrected chi connectivity index (χ3v) is 6.02. The van der Waals surface area contributed by atoms with Crippen LogP contribution in [0.25, 0.3) is 11.1 Å². The highest BCUT2D eigenvalue weighted by Gasteiger charge is 2.26. The van der Waals surface area contributed by atoms with E-state index in [1.165, 1.54) is 12.1 Å². The zero-order chi connectivity index (χ0) is 23.7. The van der Waals surface area contributed by atoms with Crippen LogP contribution in [0.1, 0.15) is 37.2 Å². The van der Waals surface area contributed by atoms with Crippen LogP contribution in [0, 0.1) is 46.6 Å². The van der Waals surface area contributed by atoms with Crippen molar-refractivity contribution in [3.05, 3.63) is 88.7 Å². The number of benzene rings is 3. The lowest BCUT2D eigenvalue weighted by atomic mass is 9.78. The fourth-order valence-corrected chi connectivity index (χ4v) is 4.29. The molecule has 0 heterocycles. The van der Waals surface area contributed by atoms with Crippen LogP contribution in [0.5, 0.6) is 5.75 Å². The monoisotopic (exact) mass is 468 g/mol. The van der Waals surface area contributed by atoms with E-state index >= 15 is 0 Å². The minimum absolute atomic E-state index is 0.0266. The van der Waals surface area contributed by atoms with Gasteiger partial charge in [-0.25, -0.2) is 30.7 Å². The Balaban J connectivity index is 1.41. The molecule has 0 aromatic heterocycles. The normalized spacial score (nSPS) is 18.4. The minimum atomic E-state index is -1.20. The number of hydrogen-bond acceptors (Lipinski definition) is 1. The lowest BCUT2D eigenvalue weighted by Gasteiger charge is -2.29. The van der Waals surface area contributed by atoms with Gasteiger partial charge in [-0.1, -0.05) is 6.07 Å². The Morgan fingerprint density at radius 2 is 1.24 bits per heavy atom. The molecule has 1 saturated carbocycles. The largest absolute Gasteiger partial charge is 0.487 e. The van der Waals surface area contributed by atoms with Crippen LogP contribution >= 0.6 is 0 Å². The first-order valence-corrected chi connectivity index (χ1v) is 10.4. The molecule has 0 aliphatic heterocycles. The van der Waals surface area contributed by atoms with Crippen molar-refractivity contribution < 1.29 is 35.5 Å². The Bertz CT molecular complexity index is 1120. The van der Waals surface area contributed by atoms with Gasteiger partial charge in [-0.3, -0.25) is 0 Å². The van der Waals surface area contributed by atoms with Gasteiger partial charge in [0.25, 0.3) is 0 Å². The molecule has 174 valence electrons. The quantitative estimate of drug-likeness (QED) is 0.349. The van der Waals surface area contributed by atoms with Gasteiger partial charge < -0.3 is 4.74 Å². The van der Waals surface area contributed by atoms with Gasteiger partial charge in [-0.05, 0) is 72.9 Å². The molecule has 0 atom stereocenters. The molecule has 4 rings (SSSR count). The van der Waals surface area contributed by atoms with Gasteiger partial charge in [0, 0.05) is 12.1 Å². The third-order valence-electron chi connectivity index (χ3n) is 6.02. The van der Waals surface area contributed by atoms with Crippen LogP contribution in [-0.4, -0.2) is 6.61 Å². The van der Waals surface area contributed by atoms with E-state index in [2.05, 4.69) is 0 Å². The first kappa shape index (κ1) is 23.1. The van der Waals surface area contributed by atoms with E-state index in [1.54, 1.807) is 0 Å². The van der Waals surface area contributed by atoms with Crippen molar-refractivity contribution in [2.75, 3.05) is 6.61 Å². The van der Waals surface area contributed by atoms with Crippen molar-refractivity contribution in [1.82, 2.24) is 0 Å². The SMILES string of the molecule is Fc1cc(F)c(OCC2CCC(c3cc(F)c(-c4ccc(F)c(F)c4)c(F)c3)CC2)c(F)c1. The lowest BCUT2D eigenvalue weighted by molar-refractivity contribution is 0.187. The maximum atomic E-state index is 14.7. The first-order chi connectivity index (χ1) is 15.7. The highest BCUT2D eigenvalue weighted by molar-refractivity contribution is 5.65. The molecule has 0 amide bonds. The second-order valence-corrected chi connectivity index (χ2v) is 8.22. The van der Waals surface area contributed by atoms with Gasteiger partial charge in [0.05, 0.1) is 12.2 Å². The number of ether oxygens (including phenoxy) is 1. The standard InChI is InChI=1S/C25H19F7O/c26-17-10-22(31)25(23(32)11-17)33-12-13-1-3-14(4-2-13)16-8-20(29)24(21(30)9-16)15-5-6-18(27)19(28)7-15/h5-11,13-14H,1-4,12H2. The maximum Gasteiger partial charge on any atom is 0.190 e. The highest BCUT2D eigenvalue weighted by atomic mass is 19.2. The summed E-state index contributed by atoms with van der Waals surface area (Å²) >= 11 is 0. The summed E-state index contributed by atoms with van der Waals surface area (Å²) < 4.78 is 102. The number of rotatable bonds is 5.